The maximum Gasteiger partial charge on any atom is 0.290 e. The summed E-state index contributed by atoms with van der Waals surface area (Å²) in [4.78, 5) is 1.89. The average molecular weight is 368 g/mol. The molecule has 0 saturated carbocycles. The molecule has 0 aliphatic rings. The standard InChI is InChI=1S/C16H19BrNO2P/c1-13-4-10-16(11-5-13)21(19,12-18(2)3)20-15-8-6-14(17)7-9-15/h4-11H,12H2,1-3H3. The van der Waals surface area contributed by atoms with Crippen LogP contribution in [0.5, 0.6) is 5.75 Å². The van der Waals surface area contributed by atoms with Crippen molar-refractivity contribution < 1.29 is 9.09 Å². The van der Waals surface area contributed by atoms with Crippen LogP contribution in [-0.4, -0.2) is 25.3 Å². The molecule has 0 aromatic heterocycles. The summed E-state index contributed by atoms with van der Waals surface area (Å²) in [6, 6.07) is 15.1. The number of nitrogens with zero attached hydrogens (tertiary/aromatic N) is 1. The van der Waals surface area contributed by atoms with Crippen molar-refractivity contribution in [1.29, 1.82) is 0 Å². The average Bonchev–Trinajstić information content (AvgIpc) is 2.41. The summed E-state index contributed by atoms with van der Waals surface area (Å²) in [5.41, 5.74) is 1.14. The Labute approximate surface area is 134 Å². The van der Waals surface area contributed by atoms with Gasteiger partial charge in [0.05, 0.1) is 6.29 Å². The molecule has 0 heterocycles. The van der Waals surface area contributed by atoms with Crippen LogP contribution in [-0.2, 0) is 4.57 Å². The van der Waals surface area contributed by atoms with Crippen LogP contribution >= 0.6 is 23.3 Å². The quantitative estimate of drug-likeness (QED) is 0.739. The Morgan fingerprint density at radius 3 is 2.14 bits per heavy atom. The first-order chi connectivity index (χ1) is 9.89. The minimum absolute atomic E-state index is 0.367. The molecule has 0 N–H and O–H groups in total. The Hall–Kier alpha value is -1.09. The molecule has 21 heavy (non-hydrogen) atoms. The van der Waals surface area contributed by atoms with E-state index in [0.717, 1.165) is 15.3 Å². The Bertz CT molecular complexity index is 638. The third-order valence-electron chi connectivity index (χ3n) is 2.96. The lowest BCUT2D eigenvalue weighted by Crippen LogP contribution is -2.22. The van der Waals surface area contributed by atoms with Crippen LogP contribution in [0, 0.1) is 6.92 Å². The van der Waals surface area contributed by atoms with Crippen molar-refractivity contribution in [3.8, 4) is 5.75 Å². The van der Waals surface area contributed by atoms with E-state index in [9.17, 15) is 4.57 Å². The highest BCUT2D eigenvalue weighted by atomic mass is 79.9. The minimum Gasteiger partial charge on any atom is -0.439 e. The lowest BCUT2D eigenvalue weighted by atomic mass is 10.2. The lowest BCUT2D eigenvalue weighted by molar-refractivity contribution is 0.425. The summed E-state index contributed by atoms with van der Waals surface area (Å²) >= 11 is 3.39. The maximum atomic E-state index is 13.3. The van der Waals surface area contributed by atoms with Gasteiger partial charge in [-0.05, 0) is 57.4 Å². The third-order valence-corrected chi connectivity index (χ3v) is 6.02. The van der Waals surface area contributed by atoms with Crippen molar-refractivity contribution in [2.45, 2.75) is 6.92 Å². The molecule has 3 nitrogen and oxygen atoms in total. The van der Waals surface area contributed by atoms with E-state index in [-0.39, 0.29) is 0 Å². The summed E-state index contributed by atoms with van der Waals surface area (Å²) in [6.07, 6.45) is 0.367. The predicted octanol–water partition coefficient (Wildman–Crippen LogP) is 4.26. The van der Waals surface area contributed by atoms with Gasteiger partial charge in [0.1, 0.15) is 5.75 Å². The van der Waals surface area contributed by atoms with E-state index >= 15 is 0 Å². The molecule has 0 aliphatic carbocycles. The highest BCUT2D eigenvalue weighted by Gasteiger charge is 2.28. The highest BCUT2D eigenvalue weighted by Crippen LogP contribution is 2.46. The van der Waals surface area contributed by atoms with Gasteiger partial charge in [-0.1, -0.05) is 33.6 Å². The van der Waals surface area contributed by atoms with Gasteiger partial charge in [-0.15, -0.1) is 0 Å². The molecule has 2 aromatic rings. The van der Waals surface area contributed by atoms with Crippen LogP contribution in [0.2, 0.25) is 0 Å². The summed E-state index contributed by atoms with van der Waals surface area (Å²) in [6.45, 7) is 2.01. The van der Waals surface area contributed by atoms with E-state index in [1.54, 1.807) is 0 Å². The molecule has 2 rings (SSSR count). The predicted molar refractivity (Wildman–Crippen MR) is 91.7 cm³/mol. The van der Waals surface area contributed by atoms with Crippen molar-refractivity contribution in [3.63, 3.8) is 0 Å². The Kier molecular flexibility index (Phi) is 5.26. The van der Waals surface area contributed by atoms with Crippen molar-refractivity contribution >= 4 is 28.6 Å². The maximum absolute atomic E-state index is 13.3. The Morgan fingerprint density at radius 1 is 1.05 bits per heavy atom. The molecule has 0 aliphatic heterocycles. The van der Waals surface area contributed by atoms with Crippen molar-refractivity contribution in [3.05, 3.63) is 58.6 Å². The molecule has 5 heteroatoms. The van der Waals surface area contributed by atoms with Crippen LogP contribution in [0.4, 0.5) is 0 Å². The van der Waals surface area contributed by atoms with Crippen LogP contribution in [0.3, 0.4) is 0 Å². The van der Waals surface area contributed by atoms with Crippen molar-refractivity contribution in [1.82, 2.24) is 4.90 Å². The molecule has 0 saturated heterocycles. The number of halogens is 1. The van der Waals surface area contributed by atoms with E-state index in [1.165, 1.54) is 0 Å². The molecule has 2 aromatic carbocycles. The van der Waals surface area contributed by atoms with Gasteiger partial charge in [0, 0.05) is 9.78 Å². The zero-order valence-corrected chi connectivity index (χ0v) is 14.9. The molecule has 0 amide bonds. The molecule has 0 radical (unpaired) electrons. The highest BCUT2D eigenvalue weighted by molar-refractivity contribution is 9.10. The normalized spacial score (nSPS) is 14.0. The molecule has 112 valence electrons. The van der Waals surface area contributed by atoms with Gasteiger partial charge in [0.15, 0.2) is 0 Å². The van der Waals surface area contributed by atoms with Crippen LogP contribution in [0.1, 0.15) is 5.56 Å². The van der Waals surface area contributed by atoms with E-state index in [0.29, 0.717) is 12.0 Å². The fraction of sp³-hybridized carbons (Fsp3) is 0.250. The number of benzene rings is 2. The first kappa shape index (κ1) is 16.3. The zero-order chi connectivity index (χ0) is 15.5. The first-order valence-corrected chi connectivity index (χ1v) is 9.25. The molecule has 1 unspecified atom stereocenters. The fourth-order valence-electron chi connectivity index (χ4n) is 1.97. The summed E-state index contributed by atoms with van der Waals surface area (Å²) < 4.78 is 20.2. The summed E-state index contributed by atoms with van der Waals surface area (Å²) in [5.74, 6) is 0.615. The topological polar surface area (TPSA) is 29.5 Å². The number of hydrogen-bond acceptors (Lipinski definition) is 3. The number of hydrogen-bond donors (Lipinski definition) is 0. The van der Waals surface area contributed by atoms with Gasteiger partial charge in [-0.25, -0.2) is 0 Å². The second-order valence-electron chi connectivity index (χ2n) is 5.28. The van der Waals surface area contributed by atoms with Gasteiger partial charge in [-0.3, -0.25) is 9.46 Å². The van der Waals surface area contributed by atoms with Crippen molar-refractivity contribution in [2.75, 3.05) is 20.4 Å². The largest absolute Gasteiger partial charge is 0.439 e. The monoisotopic (exact) mass is 367 g/mol. The third kappa shape index (κ3) is 4.44. The van der Waals surface area contributed by atoms with Gasteiger partial charge < -0.3 is 4.52 Å². The zero-order valence-electron chi connectivity index (χ0n) is 12.4. The Morgan fingerprint density at radius 2 is 1.62 bits per heavy atom. The second-order valence-corrected chi connectivity index (χ2v) is 8.52. The number of aryl methyl sites for hydroxylation is 1. The molecular formula is C16H19BrNO2P. The Balaban J connectivity index is 2.34. The smallest absolute Gasteiger partial charge is 0.290 e. The van der Waals surface area contributed by atoms with E-state index in [1.807, 2.05) is 74.4 Å². The van der Waals surface area contributed by atoms with Gasteiger partial charge in [-0.2, -0.15) is 0 Å². The van der Waals surface area contributed by atoms with E-state index < -0.39 is 7.37 Å². The van der Waals surface area contributed by atoms with Gasteiger partial charge in [0.25, 0.3) is 7.37 Å². The fourth-order valence-corrected chi connectivity index (χ4v) is 4.37. The molecular weight excluding hydrogens is 349 g/mol. The van der Waals surface area contributed by atoms with Gasteiger partial charge in [0.2, 0.25) is 0 Å². The molecule has 0 bridgehead atoms. The SMILES string of the molecule is Cc1ccc(P(=O)(CN(C)C)Oc2ccc(Br)cc2)cc1. The van der Waals surface area contributed by atoms with Crippen LogP contribution in [0.25, 0.3) is 0 Å². The number of rotatable bonds is 5. The molecule has 1 atom stereocenters. The van der Waals surface area contributed by atoms with Gasteiger partial charge >= 0.3 is 0 Å². The lowest BCUT2D eigenvalue weighted by Gasteiger charge is -2.23. The minimum atomic E-state index is -2.97. The summed E-state index contributed by atoms with van der Waals surface area (Å²) in [5, 5.41) is 0.740. The van der Waals surface area contributed by atoms with Crippen molar-refractivity contribution in [2.24, 2.45) is 0 Å². The second kappa shape index (κ2) is 6.78. The van der Waals surface area contributed by atoms with Crippen LogP contribution < -0.4 is 9.83 Å². The van der Waals surface area contributed by atoms with Crippen LogP contribution in [0.15, 0.2) is 53.0 Å². The van der Waals surface area contributed by atoms with E-state index in [2.05, 4.69) is 15.9 Å². The molecule has 0 spiro atoms. The molecule has 0 fully saturated rings. The summed E-state index contributed by atoms with van der Waals surface area (Å²) in [7, 11) is 0.815. The van der Waals surface area contributed by atoms with E-state index in [4.69, 9.17) is 4.52 Å². The first-order valence-electron chi connectivity index (χ1n) is 6.65.